The summed E-state index contributed by atoms with van der Waals surface area (Å²) in [6.45, 7) is 0. The van der Waals surface area contributed by atoms with E-state index in [0.717, 1.165) is 12.1 Å². The molecule has 0 radical (unpaired) electrons. The fourth-order valence-electron chi connectivity index (χ4n) is 1.31. The quantitative estimate of drug-likeness (QED) is 0.591. The number of nitrogen functional groups attached to an aromatic ring is 1. The van der Waals surface area contributed by atoms with Crippen LogP contribution in [0, 0.1) is 0 Å². The Morgan fingerprint density at radius 3 is 2.35 bits per heavy atom. The highest BCUT2D eigenvalue weighted by Gasteiger charge is 2.34. The lowest BCUT2D eigenvalue weighted by molar-refractivity contribution is -0.137. The monoisotopic (exact) mass is 313 g/mol. The largest absolute Gasteiger partial charge is 0.418 e. The van der Waals surface area contributed by atoms with Crippen LogP contribution < -0.4 is 5.73 Å². The summed E-state index contributed by atoms with van der Waals surface area (Å²) >= 11 is 2.93. The molecular weight excluding hydrogens is 303 g/mol. The molecular formula is C10H11BrF3NO2. The molecule has 0 aliphatic rings. The Kier molecular flexibility index (Phi) is 4.40. The van der Waals surface area contributed by atoms with E-state index in [0.29, 0.717) is 0 Å². The molecule has 17 heavy (non-hydrogen) atoms. The van der Waals surface area contributed by atoms with Gasteiger partial charge < -0.3 is 15.9 Å². The van der Waals surface area contributed by atoms with Gasteiger partial charge >= 0.3 is 6.18 Å². The third-order valence-corrected chi connectivity index (χ3v) is 2.91. The lowest BCUT2D eigenvalue weighted by atomic mass is 10.0. The van der Waals surface area contributed by atoms with Crippen LogP contribution in [0.5, 0.6) is 0 Å². The van der Waals surface area contributed by atoms with Crippen LogP contribution in [-0.2, 0) is 6.18 Å². The van der Waals surface area contributed by atoms with Crippen LogP contribution in [0.3, 0.4) is 0 Å². The van der Waals surface area contributed by atoms with Crippen molar-refractivity contribution in [3.05, 3.63) is 29.3 Å². The van der Waals surface area contributed by atoms with Gasteiger partial charge in [0.05, 0.1) is 11.7 Å². The van der Waals surface area contributed by atoms with E-state index in [4.69, 9.17) is 5.73 Å². The molecule has 0 aliphatic carbocycles. The van der Waals surface area contributed by atoms with Crippen molar-refractivity contribution in [2.24, 2.45) is 0 Å². The van der Waals surface area contributed by atoms with Gasteiger partial charge in [-0.3, -0.25) is 0 Å². The lowest BCUT2D eigenvalue weighted by Crippen LogP contribution is -2.20. The van der Waals surface area contributed by atoms with Crippen LogP contribution in [0.2, 0.25) is 0 Å². The summed E-state index contributed by atoms with van der Waals surface area (Å²) in [6.07, 6.45) is -7.16. The third-order valence-electron chi connectivity index (χ3n) is 2.25. The van der Waals surface area contributed by atoms with E-state index in [1.807, 2.05) is 0 Å². The van der Waals surface area contributed by atoms with Crippen LogP contribution in [0.15, 0.2) is 18.2 Å². The average molecular weight is 314 g/mol. The van der Waals surface area contributed by atoms with Gasteiger partial charge in [0.25, 0.3) is 0 Å². The number of hydrogen-bond donors (Lipinski definition) is 3. The van der Waals surface area contributed by atoms with Crippen LogP contribution in [0.4, 0.5) is 18.9 Å². The zero-order chi connectivity index (χ0) is 13.2. The number of alkyl halides is 4. The van der Waals surface area contributed by atoms with E-state index in [9.17, 15) is 23.4 Å². The fourth-order valence-corrected chi connectivity index (χ4v) is 1.66. The molecule has 0 heterocycles. The lowest BCUT2D eigenvalue weighted by Gasteiger charge is -2.18. The number of halogens is 4. The standard InChI is InChI=1S/C10H11BrF3NO2/c11-4-8(16)9(17)5-1-2-7(15)6(3-5)10(12,13)14/h1-3,8-9,16-17H,4,15H2. The number of anilines is 1. The van der Waals surface area contributed by atoms with Gasteiger partial charge in [0.15, 0.2) is 0 Å². The SMILES string of the molecule is Nc1ccc(C(O)C(O)CBr)cc1C(F)(F)F. The summed E-state index contributed by atoms with van der Waals surface area (Å²) in [5, 5.41) is 19.0. The number of aliphatic hydroxyl groups excluding tert-OH is 2. The first-order chi connectivity index (χ1) is 7.77. The Balaban J connectivity index is 3.13. The van der Waals surface area contributed by atoms with Crippen LogP contribution in [-0.4, -0.2) is 21.6 Å². The van der Waals surface area contributed by atoms with Gasteiger partial charge in [-0.05, 0) is 17.7 Å². The van der Waals surface area contributed by atoms with Crippen molar-refractivity contribution in [2.45, 2.75) is 18.4 Å². The maximum atomic E-state index is 12.5. The molecule has 0 aliphatic heterocycles. The number of aliphatic hydroxyl groups is 2. The van der Waals surface area contributed by atoms with Crippen LogP contribution in [0.25, 0.3) is 0 Å². The number of hydrogen-bond acceptors (Lipinski definition) is 3. The molecule has 1 rings (SSSR count). The Morgan fingerprint density at radius 2 is 1.88 bits per heavy atom. The Morgan fingerprint density at radius 1 is 1.29 bits per heavy atom. The predicted octanol–water partition coefficient (Wildman–Crippen LogP) is 2.08. The van der Waals surface area contributed by atoms with Crippen molar-refractivity contribution in [1.29, 1.82) is 0 Å². The zero-order valence-corrected chi connectivity index (χ0v) is 10.2. The minimum absolute atomic E-state index is 0.0292. The molecule has 96 valence electrons. The highest BCUT2D eigenvalue weighted by molar-refractivity contribution is 9.09. The maximum Gasteiger partial charge on any atom is 0.418 e. The van der Waals surface area contributed by atoms with E-state index in [2.05, 4.69) is 15.9 Å². The number of benzene rings is 1. The molecule has 4 N–H and O–H groups in total. The van der Waals surface area contributed by atoms with Gasteiger partial charge in [-0.1, -0.05) is 22.0 Å². The van der Waals surface area contributed by atoms with Crippen molar-refractivity contribution in [2.75, 3.05) is 11.1 Å². The maximum absolute atomic E-state index is 12.5. The van der Waals surface area contributed by atoms with Crippen molar-refractivity contribution >= 4 is 21.6 Å². The average Bonchev–Trinajstić information content (AvgIpc) is 2.26. The molecule has 0 fully saturated rings. The van der Waals surface area contributed by atoms with Crippen molar-refractivity contribution in [1.82, 2.24) is 0 Å². The second-order valence-electron chi connectivity index (χ2n) is 3.51. The smallest absolute Gasteiger partial charge is 0.398 e. The first kappa shape index (κ1) is 14.3. The Bertz CT molecular complexity index is 398. The summed E-state index contributed by atoms with van der Waals surface area (Å²) in [4.78, 5) is 0. The fraction of sp³-hybridized carbons (Fsp3) is 0.400. The molecule has 7 heteroatoms. The molecule has 0 amide bonds. The number of nitrogens with two attached hydrogens (primary N) is 1. The van der Waals surface area contributed by atoms with Gasteiger partial charge in [0.2, 0.25) is 0 Å². The van der Waals surface area contributed by atoms with Gasteiger partial charge in [-0.2, -0.15) is 13.2 Å². The van der Waals surface area contributed by atoms with E-state index in [1.165, 1.54) is 6.07 Å². The molecule has 0 bridgehead atoms. The van der Waals surface area contributed by atoms with E-state index in [1.54, 1.807) is 0 Å². The van der Waals surface area contributed by atoms with E-state index < -0.39 is 29.6 Å². The predicted molar refractivity (Wildman–Crippen MR) is 60.6 cm³/mol. The molecule has 3 nitrogen and oxygen atoms in total. The topological polar surface area (TPSA) is 66.5 Å². The van der Waals surface area contributed by atoms with Gasteiger partial charge in [0.1, 0.15) is 6.10 Å². The van der Waals surface area contributed by atoms with Gasteiger partial charge in [-0.25, -0.2) is 0 Å². The molecule has 0 aromatic heterocycles. The summed E-state index contributed by atoms with van der Waals surface area (Å²) < 4.78 is 37.6. The normalized spacial score (nSPS) is 15.6. The number of rotatable bonds is 3. The third kappa shape index (κ3) is 3.34. The molecule has 2 unspecified atom stereocenters. The highest BCUT2D eigenvalue weighted by atomic mass is 79.9. The van der Waals surface area contributed by atoms with E-state index >= 15 is 0 Å². The Labute approximate surface area is 104 Å². The van der Waals surface area contributed by atoms with Gasteiger partial charge in [0, 0.05) is 11.0 Å². The second kappa shape index (κ2) is 5.24. The molecule has 1 aromatic rings. The first-order valence-electron chi connectivity index (χ1n) is 4.66. The Hall–Kier alpha value is -0.790. The molecule has 2 atom stereocenters. The molecule has 1 aromatic carbocycles. The minimum atomic E-state index is -4.58. The molecule has 0 spiro atoms. The van der Waals surface area contributed by atoms with Gasteiger partial charge in [-0.15, -0.1) is 0 Å². The summed E-state index contributed by atoms with van der Waals surface area (Å²) in [6, 6.07) is 3.05. The van der Waals surface area contributed by atoms with Crippen molar-refractivity contribution in [3.8, 4) is 0 Å². The minimum Gasteiger partial charge on any atom is -0.398 e. The van der Waals surface area contributed by atoms with Crippen molar-refractivity contribution in [3.63, 3.8) is 0 Å². The summed E-state index contributed by atoms with van der Waals surface area (Å²) in [5.74, 6) is 0. The van der Waals surface area contributed by atoms with Crippen molar-refractivity contribution < 1.29 is 23.4 Å². The van der Waals surface area contributed by atoms with Crippen LogP contribution >= 0.6 is 15.9 Å². The highest BCUT2D eigenvalue weighted by Crippen LogP contribution is 2.35. The van der Waals surface area contributed by atoms with E-state index in [-0.39, 0.29) is 10.9 Å². The molecule has 0 saturated heterocycles. The summed E-state index contributed by atoms with van der Waals surface area (Å²) in [5.41, 5.74) is 3.75. The van der Waals surface area contributed by atoms with Crippen LogP contribution in [0.1, 0.15) is 17.2 Å². The summed E-state index contributed by atoms with van der Waals surface area (Å²) in [7, 11) is 0. The second-order valence-corrected chi connectivity index (χ2v) is 4.16. The zero-order valence-electron chi connectivity index (χ0n) is 8.58. The molecule has 0 saturated carbocycles. The first-order valence-corrected chi connectivity index (χ1v) is 5.78.